The maximum absolute atomic E-state index is 12.3. The number of nitro benzene ring substituents is 1. The van der Waals surface area contributed by atoms with Crippen LogP contribution in [0.25, 0.3) is 5.69 Å². The molecule has 0 fully saturated rings. The molecule has 28 heavy (non-hydrogen) atoms. The number of ether oxygens (including phenoxy) is 1. The summed E-state index contributed by atoms with van der Waals surface area (Å²) in [4.78, 5) is 26.9. The summed E-state index contributed by atoms with van der Waals surface area (Å²) in [6.07, 6.45) is 3.48. The third-order valence-electron chi connectivity index (χ3n) is 3.73. The van der Waals surface area contributed by atoms with Gasteiger partial charge in [0.15, 0.2) is 5.16 Å². The van der Waals surface area contributed by atoms with Gasteiger partial charge in [-0.3, -0.25) is 19.5 Å². The first kappa shape index (κ1) is 19.9. The van der Waals surface area contributed by atoms with Gasteiger partial charge in [0, 0.05) is 34.7 Å². The lowest BCUT2D eigenvalue weighted by Crippen LogP contribution is -2.15. The van der Waals surface area contributed by atoms with E-state index in [0.717, 1.165) is 11.4 Å². The summed E-state index contributed by atoms with van der Waals surface area (Å²) < 4.78 is 7.48. The molecule has 1 heterocycles. The number of anilines is 1. The molecule has 8 nitrogen and oxygen atoms in total. The number of halogens is 1. The van der Waals surface area contributed by atoms with Gasteiger partial charge in [-0.2, -0.15) is 0 Å². The number of non-ortho nitro benzene ring substituents is 1. The molecule has 0 spiro atoms. The van der Waals surface area contributed by atoms with Crippen molar-refractivity contribution in [2.45, 2.75) is 5.16 Å². The molecule has 1 N–H and O–H groups in total. The SMILES string of the molecule is COc1ccc(-n2ccnc2SCC(=O)Nc2ccc([N+](=O)[O-])cc2Br)cc1. The Bertz CT molecular complexity index is 1010. The molecule has 0 aliphatic heterocycles. The Kier molecular flexibility index (Phi) is 6.32. The van der Waals surface area contributed by atoms with Crippen LogP contribution in [0.2, 0.25) is 0 Å². The molecule has 0 aliphatic carbocycles. The van der Waals surface area contributed by atoms with Crippen molar-refractivity contribution in [3.05, 3.63) is 69.4 Å². The number of methoxy groups -OCH3 is 1. The lowest BCUT2D eigenvalue weighted by atomic mass is 10.3. The molecule has 0 saturated heterocycles. The molecule has 0 atom stereocenters. The van der Waals surface area contributed by atoms with E-state index in [9.17, 15) is 14.9 Å². The predicted octanol–water partition coefficient (Wildman–Crippen LogP) is 4.28. The van der Waals surface area contributed by atoms with Gasteiger partial charge in [-0.25, -0.2) is 4.98 Å². The van der Waals surface area contributed by atoms with Crippen molar-refractivity contribution in [2.24, 2.45) is 0 Å². The topological polar surface area (TPSA) is 99.3 Å². The number of hydrogen-bond donors (Lipinski definition) is 1. The number of imidazole rings is 1. The van der Waals surface area contributed by atoms with Crippen molar-refractivity contribution in [2.75, 3.05) is 18.2 Å². The van der Waals surface area contributed by atoms with Crippen molar-refractivity contribution < 1.29 is 14.5 Å². The maximum Gasteiger partial charge on any atom is 0.270 e. The second-order valence-electron chi connectivity index (χ2n) is 5.54. The Balaban J connectivity index is 1.64. The zero-order valence-corrected chi connectivity index (χ0v) is 17.1. The largest absolute Gasteiger partial charge is 0.497 e. The molecule has 10 heteroatoms. The van der Waals surface area contributed by atoms with Crippen LogP contribution in [0.3, 0.4) is 0 Å². The van der Waals surface area contributed by atoms with Gasteiger partial charge >= 0.3 is 0 Å². The Hall–Kier alpha value is -2.85. The lowest BCUT2D eigenvalue weighted by molar-refractivity contribution is -0.384. The molecule has 0 aliphatic rings. The van der Waals surface area contributed by atoms with Gasteiger partial charge in [0.2, 0.25) is 5.91 Å². The zero-order valence-electron chi connectivity index (χ0n) is 14.7. The molecule has 1 amide bonds. The number of benzene rings is 2. The molecule has 0 radical (unpaired) electrons. The van der Waals surface area contributed by atoms with Crippen molar-refractivity contribution in [3.8, 4) is 11.4 Å². The fourth-order valence-corrected chi connectivity index (χ4v) is 3.61. The summed E-state index contributed by atoms with van der Waals surface area (Å²) in [7, 11) is 1.61. The normalized spacial score (nSPS) is 10.5. The average molecular weight is 463 g/mol. The standard InChI is InChI=1S/C18H15BrN4O4S/c1-27-14-5-2-12(3-6-14)22-9-8-20-18(22)28-11-17(24)21-16-7-4-13(23(25)26)10-15(16)19/h2-10H,11H2,1H3,(H,21,24). The highest BCUT2D eigenvalue weighted by Crippen LogP contribution is 2.28. The molecular weight excluding hydrogens is 448 g/mol. The first-order valence-electron chi connectivity index (χ1n) is 8.02. The molecule has 2 aromatic carbocycles. The number of carbonyl (C=O) groups excluding carboxylic acids is 1. The molecule has 0 unspecified atom stereocenters. The quantitative estimate of drug-likeness (QED) is 0.319. The fraction of sp³-hybridized carbons (Fsp3) is 0.111. The first-order valence-corrected chi connectivity index (χ1v) is 9.80. The number of hydrogen-bond acceptors (Lipinski definition) is 6. The molecule has 144 valence electrons. The van der Waals surface area contributed by atoms with Gasteiger partial charge in [-0.1, -0.05) is 11.8 Å². The molecule has 3 aromatic rings. The van der Waals surface area contributed by atoms with Gasteiger partial charge in [-0.15, -0.1) is 0 Å². The van der Waals surface area contributed by atoms with E-state index >= 15 is 0 Å². The van der Waals surface area contributed by atoms with E-state index in [2.05, 4.69) is 26.2 Å². The van der Waals surface area contributed by atoms with Crippen LogP contribution in [0.1, 0.15) is 0 Å². The lowest BCUT2D eigenvalue weighted by Gasteiger charge is -2.09. The number of aromatic nitrogens is 2. The van der Waals surface area contributed by atoms with E-state index in [-0.39, 0.29) is 17.3 Å². The van der Waals surface area contributed by atoms with Crippen molar-refractivity contribution in [1.29, 1.82) is 0 Å². The number of rotatable bonds is 7. The third kappa shape index (κ3) is 4.70. The highest BCUT2D eigenvalue weighted by Gasteiger charge is 2.13. The second kappa shape index (κ2) is 8.89. The Morgan fingerprint density at radius 1 is 1.32 bits per heavy atom. The summed E-state index contributed by atoms with van der Waals surface area (Å²) in [5.74, 6) is 0.645. The van der Waals surface area contributed by atoms with Crippen LogP contribution in [0.15, 0.2) is 64.5 Å². The second-order valence-corrected chi connectivity index (χ2v) is 7.33. The van der Waals surface area contributed by atoms with Gasteiger partial charge < -0.3 is 10.1 Å². The van der Waals surface area contributed by atoms with Crippen molar-refractivity contribution >= 4 is 45.0 Å². The Morgan fingerprint density at radius 3 is 2.71 bits per heavy atom. The minimum absolute atomic E-state index is 0.0548. The van der Waals surface area contributed by atoms with E-state index in [1.54, 1.807) is 13.3 Å². The van der Waals surface area contributed by atoms with E-state index in [1.807, 2.05) is 35.0 Å². The molecule has 0 bridgehead atoms. The van der Waals surface area contributed by atoms with Crippen LogP contribution in [0, 0.1) is 10.1 Å². The number of nitrogens with one attached hydrogen (secondary N) is 1. The Morgan fingerprint density at radius 2 is 2.07 bits per heavy atom. The Labute approximate surface area is 173 Å². The van der Waals surface area contributed by atoms with Crippen molar-refractivity contribution in [3.63, 3.8) is 0 Å². The molecular formula is C18H15BrN4O4S. The number of nitro groups is 1. The van der Waals surface area contributed by atoms with E-state index < -0.39 is 4.92 Å². The zero-order chi connectivity index (χ0) is 20.1. The van der Waals surface area contributed by atoms with Crippen molar-refractivity contribution in [1.82, 2.24) is 9.55 Å². The fourth-order valence-electron chi connectivity index (χ4n) is 2.37. The minimum atomic E-state index is -0.495. The maximum atomic E-state index is 12.3. The van der Waals surface area contributed by atoms with Crippen LogP contribution in [-0.4, -0.2) is 33.2 Å². The summed E-state index contributed by atoms with van der Waals surface area (Å²) in [5.41, 5.74) is 1.31. The number of nitrogens with zero attached hydrogens (tertiary/aromatic N) is 3. The van der Waals surface area contributed by atoms with Crippen LogP contribution in [0.5, 0.6) is 5.75 Å². The predicted molar refractivity (Wildman–Crippen MR) is 110 cm³/mol. The smallest absolute Gasteiger partial charge is 0.270 e. The van der Waals surface area contributed by atoms with Crippen LogP contribution >= 0.6 is 27.7 Å². The highest BCUT2D eigenvalue weighted by molar-refractivity contribution is 9.10. The average Bonchev–Trinajstić information content (AvgIpc) is 3.16. The van der Waals surface area contributed by atoms with E-state index in [4.69, 9.17) is 4.74 Å². The number of thioether (sulfide) groups is 1. The molecule has 0 saturated carbocycles. The third-order valence-corrected chi connectivity index (χ3v) is 5.35. The molecule has 3 rings (SSSR count). The summed E-state index contributed by atoms with van der Waals surface area (Å²) in [5, 5.41) is 14.2. The summed E-state index contributed by atoms with van der Waals surface area (Å²) in [6, 6.07) is 11.7. The number of carbonyl (C=O) groups is 1. The summed E-state index contributed by atoms with van der Waals surface area (Å²) >= 11 is 4.52. The van der Waals surface area contributed by atoms with Crippen LogP contribution < -0.4 is 10.1 Å². The van der Waals surface area contributed by atoms with Crippen LogP contribution in [0.4, 0.5) is 11.4 Å². The molecule has 1 aromatic heterocycles. The van der Waals surface area contributed by atoms with E-state index in [0.29, 0.717) is 15.3 Å². The van der Waals surface area contributed by atoms with Gasteiger partial charge in [0.25, 0.3) is 5.69 Å². The number of amides is 1. The first-order chi connectivity index (χ1) is 13.5. The highest BCUT2D eigenvalue weighted by atomic mass is 79.9. The van der Waals surface area contributed by atoms with Gasteiger partial charge in [0.05, 0.1) is 23.5 Å². The van der Waals surface area contributed by atoms with Gasteiger partial charge in [0.1, 0.15) is 5.75 Å². The minimum Gasteiger partial charge on any atom is -0.497 e. The summed E-state index contributed by atoms with van der Waals surface area (Å²) in [6.45, 7) is 0. The van der Waals surface area contributed by atoms with E-state index in [1.165, 1.54) is 30.0 Å². The van der Waals surface area contributed by atoms with Gasteiger partial charge in [-0.05, 0) is 46.3 Å². The monoisotopic (exact) mass is 462 g/mol. The van der Waals surface area contributed by atoms with Crippen LogP contribution in [-0.2, 0) is 4.79 Å².